The number of rotatable bonds is 5. The predicted octanol–water partition coefficient (Wildman–Crippen LogP) is 2.59. The van der Waals surface area contributed by atoms with Gasteiger partial charge in [-0.05, 0) is 48.7 Å². The minimum Gasteiger partial charge on any atom is -0.496 e. The lowest BCUT2D eigenvalue weighted by Crippen LogP contribution is -2.19. The molecule has 0 atom stereocenters. The van der Waals surface area contributed by atoms with Crippen LogP contribution in [0.4, 0.5) is 5.69 Å². The van der Waals surface area contributed by atoms with Gasteiger partial charge in [0.2, 0.25) is 5.91 Å². The van der Waals surface area contributed by atoms with Crippen LogP contribution in [0, 0.1) is 13.8 Å². The van der Waals surface area contributed by atoms with Gasteiger partial charge in [-0.3, -0.25) is 9.59 Å². The molecule has 23 heavy (non-hydrogen) atoms. The first-order valence-corrected chi connectivity index (χ1v) is 7.25. The molecule has 0 spiro atoms. The summed E-state index contributed by atoms with van der Waals surface area (Å²) in [5.74, 6) is 0.0227. The SMILES string of the molecule is COc1ccc(CC(=O)Nc2ccccc2C(N)=O)c(C)c1C. The summed E-state index contributed by atoms with van der Waals surface area (Å²) < 4.78 is 5.27. The highest BCUT2D eigenvalue weighted by molar-refractivity contribution is 6.03. The monoisotopic (exact) mass is 312 g/mol. The minimum absolute atomic E-state index is 0.202. The number of carbonyl (C=O) groups excluding carboxylic acids is 2. The van der Waals surface area contributed by atoms with Crippen LogP contribution in [0.15, 0.2) is 36.4 Å². The van der Waals surface area contributed by atoms with Gasteiger partial charge in [-0.15, -0.1) is 0 Å². The van der Waals surface area contributed by atoms with Crippen LogP contribution in [0.3, 0.4) is 0 Å². The highest BCUT2D eigenvalue weighted by Crippen LogP contribution is 2.24. The van der Waals surface area contributed by atoms with Crippen molar-refractivity contribution < 1.29 is 14.3 Å². The van der Waals surface area contributed by atoms with E-state index in [9.17, 15) is 9.59 Å². The van der Waals surface area contributed by atoms with Gasteiger partial charge < -0.3 is 15.8 Å². The number of nitrogens with two attached hydrogens (primary N) is 1. The van der Waals surface area contributed by atoms with E-state index in [0.717, 1.165) is 22.4 Å². The first-order chi connectivity index (χ1) is 10.9. The van der Waals surface area contributed by atoms with Crippen LogP contribution < -0.4 is 15.8 Å². The molecule has 5 nitrogen and oxygen atoms in total. The van der Waals surface area contributed by atoms with Gasteiger partial charge in [-0.1, -0.05) is 18.2 Å². The second kappa shape index (κ2) is 6.96. The van der Waals surface area contributed by atoms with E-state index in [1.165, 1.54) is 0 Å². The maximum absolute atomic E-state index is 12.3. The lowest BCUT2D eigenvalue weighted by molar-refractivity contribution is -0.115. The summed E-state index contributed by atoms with van der Waals surface area (Å²) in [5, 5.41) is 2.74. The average Bonchev–Trinajstić information content (AvgIpc) is 2.52. The number of methoxy groups -OCH3 is 1. The Kier molecular flexibility index (Phi) is 5.01. The first-order valence-electron chi connectivity index (χ1n) is 7.25. The second-order valence-electron chi connectivity index (χ2n) is 5.31. The van der Waals surface area contributed by atoms with Crippen LogP contribution in [0.5, 0.6) is 5.75 Å². The number of ether oxygens (including phenoxy) is 1. The Labute approximate surface area is 135 Å². The summed E-state index contributed by atoms with van der Waals surface area (Å²) in [6.07, 6.45) is 0.212. The third kappa shape index (κ3) is 3.69. The van der Waals surface area contributed by atoms with Gasteiger partial charge in [0.05, 0.1) is 24.8 Å². The van der Waals surface area contributed by atoms with Crippen LogP contribution >= 0.6 is 0 Å². The topological polar surface area (TPSA) is 81.4 Å². The summed E-state index contributed by atoms with van der Waals surface area (Å²) in [4.78, 5) is 23.7. The van der Waals surface area contributed by atoms with E-state index in [0.29, 0.717) is 11.3 Å². The van der Waals surface area contributed by atoms with Crippen LogP contribution in [0.25, 0.3) is 0 Å². The number of para-hydroxylation sites is 1. The number of hydrogen-bond donors (Lipinski definition) is 2. The number of carbonyl (C=O) groups is 2. The standard InChI is InChI=1S/C18H20N2O3/c1-11-12(2)16(23-3)9-8-13(11)10-17(21)20-15-7-5-4-6-14(15)18(19)22/h4-9H,10H2,1-3H3,(H2,19,22)(H,20,21). The third-order valence-electron chi connectivity index (χ3n) is 3.89. The molecule has 0 aliphatic rings. The first kappa shape index (κ1) is 16.5. The molecule has 5 heteroatoms. The molecule has 0 radical (unpaired) electrons. The fourth-order valence-corrected chi connectivity index (χ4v) is 2.44. The molecule has 3 N–H and O–H groups in total. The molecule has 0 aliphatic carbocycles. The van der Waals surface area contributed by atoms with Crippen molar-refractivity contribution in [3.05, 3.63) is 58.7 Å². The Hall–Kier alpha value is -2.82. The van der Waals surface area contributed by atoms with Crippen molar-refractivity contribution >= 4 is 17.5 Å². The average molecular weight is 312 g/mol. The van der Waals surface area contributed by atoms with Gasteiger partial charge in [-0.2, -0.15) is 0 Å². The Morgan fingerprint density at radius 1 is 1.09 bits per heavy atom. The molecular weight excluding hydrogens is 292 g/mol. The zero-order chi connectivity index (χ0) is 17.0. The molecular formula is C18H20N2O3. The van der Waals surface area contributed by atoms with Crippen LogP contribution in [-0.4, -0.2) is 18.9 Å². The van der Waals surface area contributed by atoms with E-state index in [4.69, 9.17) is 10.5 Å². The van der Waals surface area contributed by atoms with E-state index in [2.05, 4.69) is 5.32 Å². The van der Waals surface area contributed by atoms with Gasteiger partial charge in [0.15, 0.2) is 0 Å². The smallest absolute Gasteiger partial charge is 0.250 e. The Morgan fingerprint density at radius 2 is 1.78 bits per heavy atom. The predicted molar refractivity (Wildman–Crippen MR) is 89.8 cm³/mol. The molecule has 2 aromatic carbocycles. The third-order valence-corrected chi connectivity index (χ3v) is 3.89. The molecule has 0 heterocycles. The molecule has 0 fully saturated rings. The molecule has 0 saturated carbocycles. The largest absolute Gasteiger partial charge is 0.496 e. The molecule has 2 aromatic rings. The molecule has 2 amide bonds. The Bertz CT molecular complexity index is 754. The maximum Gasteiger partial charge on any atom is 0.250 e. The summed E-state index contributed by atoms with van der Waals surface area (Å²) in [5.41, 5.74) is 8.97. The van der Waals surface area contributed by atoms with Gasteiger partial charge >= 0.3 is 0 Å². The fraction of sp³-hybridized carbons (Fsp3) is 0.222. The minimum atomic E-state index is -0.572. The number of anilines is 1. The van der Waals surface area contributed by atoms with Crippen LogP contribution in [-0.2, 0) is 11.2 Å². The fourth-order valence-electron chi connectivity index (χ4n) is 2.44. The number of benzene rings is 2. The normalized spacial score (nSPS) is 10.2. The molecule has 0 bridgehead atoms. The van der Waals surface area contributed by atoms with Gasteiger partial charge in [-0.25, -0.2) is 0 Å². The second-order valence-corrected chi connectivity index (χ2v) is 5.31. The number of nitrogens with one attached hydrogen (secondary N) is 1. The molecule has 0 saturated heterocycles. The van der Waals surface area contributed by atoms with E-state index in [1.807, 2.05) is 26.0 Å². The van der Waals surface area contributed by atoms with E-state index in [1.54, 1.807) is 31.4 Å². The molecule has 2 rings (SSSR count). The van der Waals surface area contributed by atoms with Crippen molar-refractivity contribution in [1.82, 2.24) is 0 Å². The van der Waals surface area contributed by atoms with Crippen molar-refractivity contribution in [2.45, 2.75) is 20.3 Å². The van der Waals surface area contributed by atoms with E-state index >= 15 is 0 Å². The van der Waals surface area contributed by atoms with Crippen molar-refractivity contribution in [2.24, 2.45) is 5.73 Å². The number of amides is 2. The van der Waals surface area contributed by atoms with Gasteiger partial charge in [0.25, 0.3) is 5.91 Å². The number of hydrogen-bond acceptors (Lipinski definition) is 3. The summed E-state index contributed by atoms with van der Waals surface area (Å²) in [6, 6.07) is 10.4. The summed E-state index contributed by atoms with van der Waals surface area (Å²) in [7, 11) is 1.62. The lowest BCUT2D eigenvalue weighted by atomic mass is 9.99. The van der Waals surface area contributed by atoms with E-state index in [-0.39, 0.29) is 12.3 Å². The van der Waals surface area contributed by atoms with Crippen molar-refractivity contribution in [3.8, 4) is 5.75 Å². The highest BCUT2D eigenvalue weighted by atomic mass is 16.5. The van der Waals surface area contributed by atoms with E-state index < -0.39 is 5.91 Å². The zero-order valence-electron chi connectivity index (χ0n) is 13.5. The van der Waals surface area contributed by atoms with Gasteiger partial charge in [0.1, 0.15) is 5.75 Å². The highest BCUT2D eigenvalue weighted by Gasteiger charge is 2.13. The van der Waals surface area contributed by atoms with Gasteiger partial charge in [0, 0.05) is 0 Å². The summed E-state index contributed by atoms with van der Waals surface area (Å²) in [6.45, 7) is 3.91. The van der Waals surface area contributed by atoms with Crippen molar-refractivity contribution in [3.63, 3.8) is 0 Å². The van der Waals surface area contributed by atoms with Crippen LogP contribution in [0.1, 0.15) is 27.0 Å². The zero-order valence-corrected chi connectivity index (χ0v) is 13.5. The lowest BCUT2D eigenvalue weighted by Gasteiger charge is -2.13. The summed E-state index contributed by atoms with van der Waals surface area (Å²) >= 11 is 0. The maximum atomic E-state index is 12.3. The Morgan fingerprint density at radius 3 is 2.43 bits per heavy atom. The molecule has 0 aromatic heterocycles. The number of primary amides is 1. The Balaban J connectivity index is 2.18. The van der Waals surface area contributed by atoms with Crippen molar-refractivity contribution in [2.75, 3.05) is 12.4 Å². The molecule has 0 aliphatic heterocycles. The quantitative estimate of drug-likeness (QED) is 0.890. The molecule has 120 valence electrons. The van der Waals surface area contributed by atoms with Crippen molar-refractivity contribution in [1.29, 1.82) is 0 Å². The van der Waals surface area contributed by atoms with Crippen LogP contribution in [0.2, 0.25) is 0 Å². The molecule has 0 unspecified atom stereocenters.